The zero-order valence-corrected chi connectivity index (χ0v) is 15.7. The molecule has 27 heavy (non-hydrogen) atoms. The van der Waals surface area contributed by atoms with Gasteiger partial charge in [0.15, 0.2) is 5.75 Å². The number of hydrogen-bond donors (Lipinski definition) is 3. The summed E-state index contributed by atoms with van der Waals surface area (Å²) >= 11 is 0. The number of rotatable bonds is 7. The van der Waals surface area contributed by atoms with Crippen LogP contribution in [0.2, 0.25) is 0 Å². The van der Waals surface area contributed by atoms with Gasteiger partial charge in [-0.2, -0.15) is 0 Å². The average Bonchev–Trinajstić information content (AvgIpc) is 3.06. The molecule has 0 spiro atoms. The molecule has 0 bridgehead atoms. The van der Waals surface area contributed by atoms with Crippen molar-refractivity contribution in [1.82, 2.24) is 4.90 Å². The first-order valence-electron chi connectivity index (χ1n) is 8.63. The molecule has 2 aromatic heterocycles. The van der Waals surface area contributed by atoms with Gasteiger partial charge < -0.3 is 25.1 Å². The molecule has 0 saturated heterocycles. The molecule has 144 valence electrons. The molecular weight excluding hydrogens is 350 g/mol. The van der Waals surface area contributed by atoms with Gasteiger partial charge >= 0.3 is 11.8 Å². The van der Waals surface area contributed by atoms with E-state index in [1.807, 2.05) is 26.0 Å². The number of amides is 1. The minimum absolute atomic E-state index is 0.0929. The van der Waals surface area contributed by atoms with Gasteiger partial charge in [-0.15, -0.1) is 0 Å². The molecule has 0 aliphatic heterocycles. The molecule has 8 heteroatoms. The summed E-state index contributed by atoms with van der Waals surface area (Å²) < 4.78 is 15.7. The Kier molecular flexibility index (Phi) is 5.16. The predicted molar refractivity (Wildman–Crippen MR) is 100 cm³/mol. The van der Waals surface area contributed by atoms with Crippen molar-refractivity contribution in [3.63, 3.8) is 0 Å². The van der Waals surface area contributed by atoms with E-state index in [2.05, 4.69) is 10.6 Å². The molecular formula is C19H23N3O5. The SMILES string of the molecule is CC[C@@H](Nc1ooc1Nc1cccc(C(=O)N(C)C)c1O)c1ccc(C)o1. The van der Waals surface area contributed by atoms with Gasteiger partial charge in [-0.1, -0.05) is 13.0 Å². The van der Waals surface area contributed by atoms with Crippen LogP contribution < -0.4 is 10.6 Å². The fourth-order valence-corrected chi connectivity index (χ4v) is 2.65. The molecule has 2 heterocycles. The second kappa shape index (κ2) is 7.53. The van der Waals surface area contributed by atoms with E-state index in [1.165, 1.54) is 4.90 Å². The molecule has 1 atom stereocenters. The number of para-hydroxylation sites is 1. The Hall–Kier alpha value is -3.29. The topological polar surface area (TPSA) is 104 Å². The maximum Gasteiger partial charge on any atom is 0.313 e. The van der Waals surface area contributed by atoms with Gasteiger partial charge in [-0.05, 0) is 37.6 Å². The summed E-state index contributed by atoms with van der Waals surface area (Å²) in [5.74, 6) is 1.86. The van der Waals surface area contributed by atoms with Crippen LogP contribution in [0.25, 0.3) is 0 Å². The van der Waals surface area contributed by atoms with Gasteiger partial charge in [0.2, 0.25) is 0 Å². The molecule has 0 radical (unpaired) electrons. The van der Waals surface area contributed by atoms with Crippen molar-refractivity contribution in [1.29, 1.82) is 0 Å². The van der Waals surface area contributed by atoms with Gasteiger partial charge in [0.1, 0.15) is 11.5 Å². The van der Waals surface area contributed by atoms with Crippen molar-refractivity contribution in [3.8, 4) is 5.75 Å². The number of carbonyl (C=O) groups excluding carboxylic acids is 1. The van der Waals surface area contributed by atoms with E-state index in [-0.39, 0.29) is 23.3 Å². The fourth-order valence-electron chi connectivity index (χ4n) is 2.65. The van der Waals surface area contributed by atoms with Gasteiger partial charge in [0.25, 0.3) is 5.91 Å². The highest BCUT2D eigenvalue weighted by Crippen LogP contribution is 2.37. The zero-order chi connectivity index (χ0) is 19.6. The number of phenols is 1. The van der Waals surface area contributed by atoms with Crippen LogP contribution in [0, 0.1) is 6.92 Å². The number of anilines is 3. The second-order valence-corrected chi connectivity index (χ2v) is 6.40. The smallest absolute Gasteiger partial charge is 0.313 e. The third-order valence-corrected chi connectivity index (χ3v) is 4.15. The minimum Gasteiger partial charge on any atom is -0.505 e. The third kappa shape index (κ3) is 3.79. The maximum atomic E-state index is 12.1. The van der Waals surface area contributed by atoms with E-state index >= 15 is 0 Å². The zero-order valence-electron chi connectivity index (χ0n) is 15.7. The minimum atomic E-state index is -0.298. The third-order valence-electron chi connectivity index (χ3n) is 4.15. The van der Waals surface area contributed by atoms with Crippen molar-refractivity contribution in [2.24, 2.45) is 0 Å². The summed E-state index contributed by atoms with van der Waals surface area (Å²) in [7, 11) is 3.24. The number of furan rings is 1. The van der Waals surface area contributed by atoms with E-state index in [4.69, 9.17) is 13.6 Å². The van der Waals surface area contributed by atoms with Gasteiger partial charge in [0.05, 0.1) is 17.3 Å². The van der Waals surface area contributed by atoms with Gasteiger partial charge in [-0.3, -0.25) is 13.9 Å². The molecule has 0 unspecified atom stereocenters. The molecule has 3 rings (SSSR count). The largest absolute Gasteiger partial charge is 0.505 e. The number of aromatic hydroxyl groups is 1. The number of carbonyl (C=O) groups is 1. The normalized spacial score (nSPS) is 12.0. The molecule has 1 aromatic carbocycles. The molecule has 0 saturated carbocycles. The average molecular weight is 373 g/mol. The maximum absolute atomic E-state index is 12.1. The lowest BCUT2D eigenvalue weighted by atomic mass is 10.1. The van der Waals surface area contributed by atoms with Crippen LogP contribution in [-0.2, 0) is 0 Å². The molecule has 1 amide bonds. The van der Waals surface area contributed by atoms with Crippen LogP contribution in [0.4, 0.5) is 17.5 Å². The quantitative estimate of drug-likeness (QED) is 0.414. The molecule has 0 fully saturated rings. The summed E-state index contributed by atoms with van der Waals surface area (Å²) in [5, 5.41) is 16.5. The van der Waals surface area contributed by atoms with Crippen LogP contribution in [0.5, 0.6) is 5.75 Å². The van der Waals surface area contributed by atoms with Crippen LogP contribution in [0.1, 0.15) is 41.3 Å². The molecule has 0 aliphatic rings. The van der Waals surface area contributed by atoms with Crippen LogP contribution in [0.3, 0.4) is 0 Å². The summed E-state index contributed by atoms with van der Waals surface area (Å²) in [4.78, 5) is 13.5. The van der Waals surface area contributed by atoms with E-state index in [0.717, 1.165) is 17.9 Å². The van der Waals surface area contributed by atoms with Crippen LogP contribution >= 0.6 is 0 Å². The number of nitrogens with one attached hydrogen (secondary N) is 2. The Balaban J connectivity index is 1.76. The first-order chi connectivity index (χ1) is 12.9. The van der Waals surface area contributed by atoms with E-state index < -0.39 is 0 Å². The van der Waals surface area contributed by atoms with Crippen LogP contribution in [0.15, 0.2) is 43.9 Å². The summed E-state index contributed by atoms with van der Waals surface area (Å²) in [6.45, 7) is 3.90. The summed E-state index contributed by atoms with van der Waals surface area (Å²) in [5.41, 5.74) is 0.528. The Morgan fingerprint density at radius 3 is 2.48 bits per heavy atom. The number of nitrogens with zero attached hydrogens (tertiary/aromatic N) is 1. The van der Waals surface area contributed by atoms with Crippen molar-refractivity contribution >= 4 is 23.4 Å². The highest BCUT2D eigenvalue weighted by atomic mass is 17.0. The Bertz CT molecular complexity index is 922. The molecule has 3 N–H and O–H groups in total. The molecule has 8 nitrogen and oxygen atoms in total. The van der Waals surface area contributed by atoms with Crippen molar-refractivity contribution in [2.45, 2.75) is 26.3 Å². The van der Waals surface area contributed by atoms with Crippen molar-refractivity contribution in [3.05, 3.63) is 47.4 Å². The summed E-state index contributed by atoms with van der Waals surface area (Å²) in [6.07, 6.45) is 0.769. The van der Waals surface area contributed by atoms with Gasteiger partial charge in [0, 0.05) is 14.1 Å². The standard InChI is InChI=1S/C19H23N3O5/c1-5-13(15-10-9-11(2)25-15)20-17-18(27-26-17)21-14-8-6-7-12(16(14)23)19(24)22(3)4/h6-10,13,20-21,23H,5H2,1-4H3/t13-/m1/s1. The predicted octanol–water partition coefficient (Wildman–Crippen LogP) is 4.49. The highest BCUT2D eigenvalue weighted by Gasteiger charge is 2.23. The van der Waals surface area contributed by atoms with Crippen molar-refractivity contribution in [2.75, 3.05) is 24.7 Å². The van der Waals surface area contributed by atoms with Crippen molar-refractivity contribution < 1.29 is 23.5 Å². The first kappa shape index (κ1) is 18.5. The Labute approximate surface area is 156 Å². The lowest BCUT2D eigenvalue weighted by Gasteiger charge is -2.18. The summed E-state index contributed by atoms with van der Waals surface area (Å²) in [6, 6.07) is 8.58. The van der Waals surface area contributed by atoms with Gasteiger partial charge in [-0.25, -0.2) is 0 Å². The lowest BCUT2D eigenvalue weighted by Crippen LogP contribution is -2.21. The molecule has 3 aromatic rings. The van der Waals surface area contributed by atoms with Crippen LogP contribution in [-0.4, -0.2) is 30.0 Å². The van der Waals surface area contributed by atoms with E-state index in [0.29, 0.717) is 17.5 Å². The lowest BCUT2D eigenvalue weighted by molar-refractivity contribution is 0.0282. The van der Waals surface area contributed by atoms with E-state index in [9.17, 15) is 9.90 Å². The number of phenolic OH excluding ortho intramolecular Hbond substituents is 1. The molecule has 0 aliphatic carbocycles. The highest BCUT2D eigenvalue weighted by molar-refractivity contribution is 5.98. The number of benzene rings is 1. The van der Waals surface area contributed by atoms with E-state index in [1.54, 1.807) is 32.3 Å². The fraction of sp³-hybridized carbons (Fsp3) is 0.316. The number of hydrogen-bond acceptors (Lipinski definition) is 7. The number of aryl methyl sites for hydroxylation is 1. The first-order valence-corrected chi connectivity index (χ1v) is 8.63. The second-order valence-electron chi connectivity index (χ2n) is 6.40. The Morgan fingerprint density at radius 1 is 1.19 bits per heavy atom. The monoisotopic (exact) mass is 373 g/mol. The Morgan fingerprint density at radius 2 is 1.93 bits per heavy atom.